The molecular formula is C24H30O3. The summed E-state index contributed by atoms with van der Waals surface area (Å²) in [5.41, 5.74) is 1.85. The van der Waals surface area contributed by atoms with Crippen LogP contribution in [0, 0.1) is 52.3 Å². The monoisotopic (exact) mass is 366 g/mol. The summed E-state index contributed by atoms with van der Waals surface area (Å²) in [6.45, 7) is 4.99. The van der Waals surface area contributed by atoms with Crippen LogP contribution < -0.4 is 0 Å². The first kappa shape index (κ1) is 15.8. The number of ether oxygens (including phenoxy) is 1. The van der Waals surface area contributed by atoms with Gasteiger partial charge in [0.25, 0.3) is 0 Å². The van der Waals surface area contributed by atoms with Crippen LogP contribution in [0.3, 0.4) is 0 Å². The molecule has 0 aromatic carbocycles. The molecule has 1 spiro atoms. The lowest BCUT2D eigenvalue weighted by molar-refractivity contribution is -0.177. The minimum Gasteiger partial charge on any atom is -0.458 e. The van der Waals surface area contributed by atoms with Crippen LogP contribution in [0.2, 0.25) is 0 Å². The number of hydrogen-bond acceptors (Lipinski definition) is 3. The second-order valence-electron chi connectivity index (χ2n) is 11.5. The van der Waals surface area contributed by atoms with E-state index in [1.54, 1.807) is 0 Å². The van der Waals surface area contributed by atoms with E-state index in [4.69, 9.17) is 4.74 Å². The van der Waals surface area contributed by atoms with Crippen LogP contribution in [0.4, 0.5) is 0 Å². The molecule has 7 aliphatic rings. The summed E-state index contributed by atoms with van der Waals surface area (Å²) in [6.07, 6.45) is 10.6. The lowest BCUT2D eigenvalue weighted by Gasteiger charge is -2.60. The molecule has 1 saturated heterocycles. The smallest absolute Gasteiger partial charge is 0.306 e. The van der Waals surface area contributed by atoms with E-state index in [-0.39, 0.29) is 22.4 Å². The van der Waals surface area contributed by atoms with E-state index in [1.807, 2.05) is 0 Å². The molecule has 0 radical (unpaired) electrons. The lowest BCUT2D eigenvalue weighted by atomic mass is 9.45. The number of allylic oxidation sites excluding steroid dienone is 1. The Morgan fingerprint density at radius 2 is 1.85 bits per heavy atom. The molecule has 1 heterocycles. The highest BCUT2D eigenvalue weighted by Gasteiger charge is 2.81. The fraction of sp³-hybridized carbons (Fsp3) is 0.833. The van der Waals surface area contributed by atoms with Crippen molar-refractivity contribution in [2.75, 3.05) is 0 Å². The molecule has 3 heteroatoms. The molecular weight excluding hydrogens is 336 g/mol. The highest BCUT2D eigenvalue weighted by Crippen LogP contribution is 2.82. The van der Waals surface area contributed by atoms with Gasteiger partial charge in [0.05, 0.1) is 0 Å². The van der Waals surface area contributed by atoms with Gasteiger partial charge in [0.15, 0.2) is 5.78 Å². The number of rotatable bonds is 0. The van der Waals surface area contributed by atoms with Crippen LogP contribution >= 0.6 is 0 Å². The predicted molar refractivity (Wildman–Crippen MR) is 99.5 cm³/mol. The van der Waals surface area contributed by atoms with Crippen LogP contribution in [0.15, 0.2) is 11.6 Å². The summed E-state index contributed by atoms with van der Waals surface area (Å²) in [5.74, 6) is 5.65. The Morgan fingerprint density at radius 1 is 1.00 bits per heavy atom. The van der Waals surface area contributed by atoms with Gasteiger partial charge in [-0.05, 0) is 85.5 Å². The third-order valence-electron chi connectivity index (χ3n) is 10.9. The molecule has 10 atom stereocenters. The quantitative estimate of drug-likeness (QED) is 0.600. The molecule has 1 aliphatic heterocycles. The van der Waals surface area contributed by atoms with Gasteiger partial charge in [0.2, 0.25) is 0 Å². The van der Waals surface area contributed by atoms with Gasteiger partial charge in [0, 0.05) is 24.2 Å². The van der Waals surface area contributed by atoms with Crippen molar-refractivity contribution in [3.8, 4) is 0 Å². The SMILES string of the molecule is CC12CCC(=O)C=C1[C@@H]1CC1C1C2CCC2(C)C1[C@@H]1C[C@@H]1[C@@]21CCC(=O)O1. The molecule has 0 bridgehead atoms. The normalized spacial score (nSPS) is 62.0. The first-order valence-electron chi connectivity index (χ1n) is 11.4. The van der Waals surface area contributed by atoms with E-state index in [9.17, 15) is 9.59 Å². The lowest BCUT2D eigenvalue weighted by Crippen LogP contribution is -2.57. The number of carbonyl (C=O) groups excluding carboxylic acids is 2. The number of hydrogen-bond donors (Lipinski definition) is 0. The fourth-order valence-electron chi connectivity index (χ4n) is 9.74. The van der Waals surface area contributed by atoms with Crippen molar-refractivity contribution < 1.29 is 14.3 Å². The van der Waals surface area contributed by atoms with Crippen LogP contribution in [-0.4, -0.2) is 17.4 Å². The Hall–Kier alpha value is -1.12. The molecule has 6 unspecified atom stereocenters. The average Bonchev–Trinajstić information content (AvgIpc) is 3.53. The Bertz CT molecular complexity index is 827. The maximum Gasteiger partial charge on any atom is 0.306 e. The van der Waals surface area contributed by atoms with Crippen molar-refractivity contribution in [2.45, 2.75) is 70.8 Å². The number of carbonyl (C=O) groups is 2. The molecule has 3 nitrogen and oxygen atoms in total. The maximum atomic E-state index is 12.2. The van der Waals surface area contributed by atoms with Gasteiger partial charge >= 0.3 is 5.97 Å². The molecule has 0 amide bonds. The third-order valence-corrected chi connectivity index (χ3v) is 10.9. The van der Waals surface area contributed by atoms with Crippen molar-refractivity contribution in [3.05, 3.63) is 11.6 Å². The topological polar surface area (TPSA) is 43.4 Å². The maximum absolute atomic E-state index is 12.2. The molecule has 0 aromatic heterocycles. The van der Waals surface area contributed by atoms with Gasteiger partial charge in [-0.25, -0.2) is 0 Å². The highest BCUT2D eigenvalue weighted by atomic mass is 16.6. The van der Waals surface area contributed by atoms with Crippen molar-refractivity contribution >= 4 is 11.8 Å². The number of esters is 1. The Balaban J connectivity index is 1.33. The molecule has 27 heavy (non-hydrogen) atoms. The van der Waals surface area contributed by atoms with Crippen LogP contribution in [-0.2, 0) is 14.3 Å². The minimum atomic E-state index is -0.131. The van der Waals surface area contributed by atoms with Crippen LogP contribution in [0.5, 0.6) is 0 Å². The summed E-state index contributed by atoms with van der Waals surface area (Å²) in [7, 11) is 0. The van der Waals surface area contributed by atoms with Gasteiger partial charge in [-0.15, -0.1) is 0 Å². The summed E-state index contributed by atoms with van der Waals surface area (Å²) in [4.78, 5) is 24.3. The van der Waals surface area contributed by atoms with Gasteiger partial charge in [-0.3, -0.25) is 9.59 Å². The first-order chi connectivity index (χ1) is 12.9. The summed E-state index contributed by atoms with van der Waals surface area (Å²) >= 11 is 0. The van der Waals surface area contributed by atoms with E-state index in [0.717, 1.165) is 48.9 Å². The van der Waals surface area contributed by atoms with E-state index in [2.05, 4.69) is 19.9 Å². The molecule has 6 fully saturated rings. The highest BCUT2D eigenvalue weighted by molar-refractivity contribution is 5.92. The third kappa shape index (κ3) is 1.58. The summed E-state index contributed by atoms with van der Waals surface area (Å²) < 4.78 is 6.22. The zero-order chi connectivity index (χ0) is 18.3. The molecule has 6 aliphatic carbocycles. The largest absolute Gasteiger partial charge is 0.458 e. The van der Waals surface area contributed by atoms with Gasteiger partial charge in [-0.2, -0.15) is 0 Å². The van der Waals surface area contributed by atoms with E-state index >= 15 is 0 Å². The van der Waals surface area contributed by atoms with Gasteiger partial charge in [-0.1, -0.05) is 19.4 Å². The van der Waals surface area contributed by atoms with Crippen molar-refractivity contribution in [2.24, 2.45) is 52.3 Å². The first-order valence-corrected chi connectivity index (χ1v) is 11.4. The number of fused-ring (bicyclic) bond motifs is 12. The second-order valence-corrected chi connectivity index (χ2v) is 11.5. The average molecular weight is 367 g/mol. The zero-order valence-corrected chi connectivity index (χ0v) is 16.5. The minimum absolute atomic E-state index is 0.0561. The fourth-order valence-corrected chi connectivity index (χ4v) is 9.74. The zero-order valence-electron chi connectivity index (χ0n) is 16.5. The van der Waals surface area contributed by atoms with Crippen LogP contribution in [0.1, 0.15) is 65.2 Å². The summed E-state index contributed by atoms with van der Waals surface area (Å²) in [6, 6.07) is 0. The number of ketones is 1. The van der Waals surface area contributed by atoms with E-state index in [1.165, 1.54) is 31.3 Å². The molecule has 0 aromatic rings. The molecule has 144 valence electrons. The van der Waals surface area contributed by atoms with Gasteiger partial charge < -0.3 is 4.74 Å². The van der Waals surface area contributed by atoms with E-state index in [0.29, 0.717) is 24.0 Å². The second kappa shape index (κ2) is 4.39. The molecule has 5 saturated carbocycles. The molecule has 0 N–H and O–H groups in total. The Labute approximate surface area is 161 Å². The Kier molecular flexibility index (Phi) is 2.56. The summed E-state index contributed by atoms with van der Waals surface area (Å²) in [5, 5.41) is 0. The molecule has 7 rings (SSSR count). The van der Waals surface area contributed by atoms with E-state index < -0.39 is 0 Å². The van der Waals surface area contributed by atoms with Crippen molar-refractivity contribution in [1.29, 1.82) is 0 Å². The predicted octanol–water partition coefficient (Wildman–Crippen LogP) is 4.31. The van der Waals surface area contributed by atoms with Crippen molar-refractivity contribution in [3.63, 3.8) is 0 Å². The van der Waals surface area contributed by atoms with Crippen molar-refractivity contribution in [1.82, 2.24) is 0 Å². The van der Waals surface area contributed by atoms with Crippen LogP contribution in [0.25, 0.3) is 0 Å². The van der Waals surface area contributed by atoms with Gasteiger partial charge in [0.1, 0.15) is 5.60 Å². The standard InChI is InChI=1S/C24H30O3/c1-22-6-3-12(25)9-17(22)13-10-14(13)20-16(22)4-7-23(2)21(20)15-11-18(15)24(23)8-5-19(26)27-24/h9,13-16,18,20-21H,3-8,10-11H2,1-2H3/t13-,14?,15-,16?,18+,20?,21?,22?,23?,24+/m1/s1. The Morgan fingerprint density at radius 3 is 2.63 bits per heavy atom.